The van der Waals surface area contributed by atoms with Gasteiger partial charge in [-0.25, -0.2) is 0 Å². The summed E-state index contributed by atoms with van der Waals surface area (Å²) in [4.78, 5) is 24.7. The van der Waals surface area contributed by atoms with Gasteiger partial charge in [-0.15, -0.1) is 0 Å². The molecule has 0 aromatic heterocycles. The summed E-state index contributed by atoms with van der Waals surface area (Å²) in [5, 5.41) is 2.77. The van der Waals surface area contributed by atoms with Crippen LogP contribution in [0.3, 0.4) is 0 Å². The van der Waals surface area contributed by atoms with Crippen LogP contribution in [0, 0.1) is 0 Å². The van der Waals surface area contributed by atoms with E-state index in [1.807, 2.05) is 25.1 Å². The molecule has 1 aliphatic heterocycles. The number of para-hydroxylation sites is 1. The topological polar surface area (TPSA) is 83.1 Å². The van der Waals surface area contributed by atoms with Crippen molar-refractivity contribution in [1.82, 2.24) is 0 Å². The zero-order chi connectivity index (χ0) is 23.0. The van der Waals surface area contributed by atoms with Gasteiger partial charge in [0, 0.05) is 11.3 Å². The number of hydrogen-bond donors (Lipinski definition) is 1. The number of carbonyl (C=O) groups excluding carboxylic acids is 2. The second-order valence-corrected chi connectivity index (χ2v) is 7.11. The molecule has 0 radical (unpaired) electrons. The third-order valence-corrected chi connectivity index (χ3v) is 4.77. The number of fused-ring (bicyclic) bond motifs is 1. The molecule has 1 amide bonds. The van der Waals surface area contributed by atoms with Crippen LogP contribution in [-0.4, -0.2) is 31.7 Å². The van der Waals surface area contributed by atoms with Crippen molar-refractivity contribution >= 4 is 23.5 Å². The molecule has 168 valence electrons. The molecular formula is C26H23NO6. The highest BCUT2D eigenvalue weighted by Crippen LogP contribution is 2.33. The molecule has 0 aliphatic carbocycles. The van der Waals surface area contributed by atoms with Crippen molar-refractivity contribution in [3.8, 4) is 23.0 Å². The summed E-state index contributed by atoms with van der Waals surface area (Å²) in [6, 6.07) is 19.5. The summed E-state index contributed by atoms with van der Waals surface area (Å²) in [6.07, 6.45) is 3.18. The molecule has 0 spiro atoms. The van der Waals surface area contributed by atoms with Gasteiger partial charge in [-0.05, 0) is 61.0 Å². The van der Waals surface area contributed by atoms with E-state index in [1.54, 1.807) is 54.6 Å². The van der Waals surface area contributed by atoms with Crippen LogP contribution in [0.15, 0.2) is 72.8 Å². The number of carbonyl (C=O) groups is 2. The van der Waals surface area contributed by atoms with E-state index >= 15 is 0 Å². The van der Waals surface area contributed by atoms with E-state index in [9.17, 15) is 9.59 Å². The highest BCUT2D eigenvalue weighted by Gasteiger charge is 2.15. The molecule has 4 rings (SSSR count). The third kappa shape index (κ3) is 5.71. The van der Waals surface area contributed by atoms with Gasteiger partial charge in [0.05, 0.1) is 6.61 Å². The lowest BCUT2D eigenvalue weighted by Gasteiger charge is -2.12. The number of nitrogens with one attached hydrogen (secondary N) is 1. The normalized spacial score (nSPS) is 11.9. The van der Waals surface area contributed by atoms with Crippen LogP contribution in [-0.2, 0) is 4.79 Å². The average Bonchev–Trinajstić information content (AvgIpc) is 3.31. The van der Waals surface area contributed by atoms with Crippen molar-refractivity contribution in [1.29, 1.82) is 0 Å². The Balaban J connectivity index is 1.40. The predicted molar refractivity (Wildman–Crippen MR) is 124 cm³/mol. The van der Waals surface area contributed by atoms with Crippen molar-refractivity contribution < 1.29 is 28.5 Å². The molecule has 33 heavy (non-hydrogen) atoms. The fourth-order valence-electron chi connectivity index (χ4n) is 3.20. The van der Waals surface area contributed by atoms with Crippen LogP contribution in [0.1, 0.15) is 22.8 Å². The first-order chi connectivity index (χ1) is 16.1. The number of anilines is 1. The van der Waals surface area contributed by atoms with Crippen LogP contribution in [0.25, 0.3) is 6.08 Å². The fraction of sp³-hybridized carbons (Fsp3) is 0.154. The lowest BCUT2D eigenvalue weighted by Crippen LogP contribution is -2.20. The summed E-state index contributed by atoms with van der Waals surface area (Å²) < 4.78 is 21.9. The van der Waals surface area contributed by atoms with E-state index < -0.39 is 0 Å². The standard InChI is InChI=1S/C26H23NO6/c1-2-30-24-14-18(8-11-21(28)19-10-13-23-25(15-19)33-17-32-23)9-12-22(24)31-16-26(29)27-20-6-4-3-5-7-20/h3-15H,2,16-17H2,1H3,(H,27,29). The minimum Gasteiger partial charge on any atom is -0.490 e. The maximum absolute atomic E-state index is 12.5. The highest BCUT2D eigenvalue weighted by molar-refractivity contribution is 6.07. The molecule has 0 fully saturated rings. The van der Waals surface area contributed by atoms with Gasteiger partial charge in [-0.2, -0.15) is 0 Å². The lowest BCUT2D eigenvalue weighted by molar-refractivity contribution is -0.118. The van der Waals surface area contributed by atoms with Crippen molar-refractivity contribution in [2.75, 3.05) is 25.3 Å². The quantitative estimate of drug-likeness (QED) is 0.379. The molecule has 1 aliphatic rings. The van der Waals surface area contributed by atoms with Crippen LogP contribution in [0.5, 0.6) is 23.0 Å². The summed E-state index contributed by atoms with van der Waals surface area (Å²) >= 11 is 0. The number of benzene rings is 3. The maximum atomic E-state index is 12.5. The van der Waals surface area contributed by atoms with Crippen molar-refractivity contribution in [3.63, 3.8) is 0 Å². The van der Waals surface area contributed by atoms with E-state index in [0.717, 1.165) is 5.56 Å². The smallest absolute Gasteiger partial charge is 0.262 e. The SMILES string of the molecule is CCOc1cc(C=CC(=O)c2ccc3c(c2)OCO3)ccc1OCC(=O)Nc1ccccc1. The Labute approximate surface area is 191 Å². The molecule has 0 saturated heterocycles. The summed E-state index contributed by atoms with van der Waals surface area (Å²) in [6.45, 7) is 2.28. The summed E-state index contributed by atoms with van der Waals surface area (Å²) in [5.41, 5.74) is 1.96. The first-order valence-corrected chi connectivity index (χ1v) is 10.5. The van der Waals surface area contributed by atoms with Gasteiger partial charge >= 0.3 is 0 Å². The van der Waals surface area contributed by atoms with Gasteiger partial charge in [0.15, 0.2) is 35.4 Å². The summed E-state index contributed by atoms with van der Waals surface area (Å²) in [5.74, 6) is 1.68. The Morgan fingerprint density at radius 3 is 2.58 bits per heavy atom. The number of allylic oxidation sites excluding steroid dienone is 1. The largest absolute Gasteiger partial charge is 0.490 e. The molecule has 3 aromatic rings. The number of amides is 1. The van der Waals surface area contributed by atoms with Crippen LogP contribution < -0.4 is 24.3 Å². The molecule has 7 heteroatoms. The Morgan fingerprint density at radius 2 is 1.76 bits per heavy atom. The molecular weight excluding hydrogens is 422 g/mol. The van der Waals surface area contributed by atoms with E-state index in [0.29, 0.717) is 40.9 Å². The van der Waals surface area contributed by atoms with Gasteiger partial charge in [0.2, 0.25) is 6.79 Å². The number of ether oxygens (including phenoxy) is 4. The van der Waals surface area contributed by atoms with Gasteiger partial charge in [0.1, 0.15) is 0 Å². The van der Waals surface area contributed by atoms with Crippen LogP contribution in [0.2, 0.25) is 0 Å². The Kier molecular flexibility index (Phi) is 6.90. The zero-order valence-corrected chi connectivity index (χ0v) is 18.1. The van der Waals surface area contributed by atoms with E-state index in [2.05, 4.69) is 5.32 Å². The van der Waals surface area contributed by atoms with Crippen molar-refractivity contribution in [3.05, 3.63) is 83.9 Å². The molecule has 3 aromatic carbocycles. The Bertz CT molecular complexity index is 1170. The van der Waals surface area contributed by atoms with Crippen molar-refractivity contribution in [2.24, 2.45) is 0 Å². The average molecular weight is 445 g/mol. The van der Waals surface area contributed by atoms with E-state index in [4.69, 9.17) is 18.9 Å². The van der Waals surface area contributed by atoms with Crippen LogP contribution in [0.4, 0.5) is 5.69 Å². The van der Waals surface area contributed by atoms with Gasteiger partial charge in [-0.1, -0.05) is 30.3 Å². The molecule has 1 heterocycles. The van der Waals surface area contributed by atoms with E-state index in [-0.39, 0.29) is 25.1 Å². The highest BCUT2D eigenvalue weighted by atomic mass is 16.7. The fourth-order valence-corrected chi connectivity index (χ4v) is 3.20. The molecule has 0 unspecified atom stereocenters. The minimum atomic E-state index is -0.276. The van der Waals surface area contributed by atoms with Crippen LogP contribution >= 0.6 is 0 Å². The van der Waals surface area contributed by atoms with Gasteiger partial charge in [0.25, 0.3) is 5.91 Å². The number of hydrogen-bond acceptors (Lipinski definition) is 6. The molecule has 0 bridgehead atoms. The molecule has 7 nitrogen and oxygen atoms in total. The molecule has 1 N–H and O–H groups in total. The predicted octanol–water partition coefficient (Wildman–Crippen LogP) is 4.73. The number of rotatable bonds is 9. The lowest BCUT2D eigenvalue weighted by atomic mass is 10.1. The van der Waals surface area contributed by atoms with Crippen molar-refractivity contribution in [2.45, 2.75) is 6.92 Å². The first kappa shape index (κ1) is 22.0. The maximum Gasteiger partial charge on any atom is 0.262 e. The zero-order valence-electron chi connectivity index (χ0n) is 18.1. The van der Waals surface area contributed by atoms with Gasteiger partial charge in [-0.3, -0.25) is 9.59 Å². The minimum absolute atomic E-state index is 0.158. The number of ketones is 1. The van der Waals surface area contributed by atoms with Gasteiger partial charge < -0.3 is 24.3 Å². The second kappa shape index (κ2) is 10.4. The van der Waals surface area contributed by atoms with E-state index in [1.165, 1.54) is 6.08 Å². The molecule has 0 atom stereocenters. The Morgan fingerprint density at radius 1 is 0.939 bits per heavy atom. The first-order valence-electron chi connectivity index (χ1n) is 10.5. The Hall–Kier alpha value is -4.26. The monoisotopic (exact) mass is 445 g/mol. The second-order valence-electron chi connectivity index (χ2n) is 7.11. The molecule has 0 saturated carbocycles. The third-order valence-electron chi connectivity index (χ3n) is 4.77. The summed E-state index contributed by atoms with van der Waals surface area (Å²) in [7, 11) is 0.